The summed E-state index contributed by atoms with van der Waals surface area (Å²) < 4.78 is 26.5. The number of nitrogens with two attached hydrogens (primary N) is 2. The maximum absolute atomic E-state index is 13.2. The SMILES string of the molecule is NC/C=C(/c1ccccc1)c1cccc(F)c1.NC/C=C(\c1ccccc1)c1cccc(F)c1. The first-order valence-electron chi connectivity index (χ1n) is 11.1. The molecule has 0 radical (unpaired) electrons. The highest BCUT2D eigenvalue weighted by Gasteiger charge is 2.05. The molecule has 0 aliphatic carbocycles. The molecule has 0 aliphatic heterocycles. The molecule has 0 unspecified atom stereocenters. The highest BCUT2D eigenvalue weighted by Crippen LogP contribution is 2.24. The second kappa shape index (κ2) is 13.0. The van der Waals surface area contributed by atoms with Crippen LogP contribution in [0.5, 0.6) is 0 Å². The van der Waals surface area contributed by atoms with Crippen molar-refractivity contribution in [3.8, 4) is 0 Å². The van der Waals surface area contributed by atoms with Crippen LogP contribution in [0.1, 0.15) is 22.3 Å². The van der Waals surface area contributed by atoms with Crippen molar-refractivity contribution in [2.24, 2.45) is 11.5 Å². The van der Waals surface area contributed by atoms with Crippen molar-refractivity contribution >= 4 is 11.1 Å². The summed E-state index contributed by atoms with van der Waals surface area (Å²) in [6.07, 6.45) is 3.81. The zero-order valence-electron chi connectivity index (χ0n) is 18.9. The summed E-state index contributed by atoms with van der Waals surface area (Å²) in [5.74, 6) is -0.470. The summed E-state index contributed by atoms with van der Waals surface area (Å²) in [5, 5.41) is 0. The molecule has 0 amide bonds. The first kappa shape index (κ1) is 24.8. The first-order valence-corrected chi connectivity index (χ1v) is 11.1. The predicted octanol–water partition coefficient (Wildman–Crippen LogP) is 6.43. The van der Waals surface area contributed by atoms with Gasteiger partial charge in [0.05, 0.1) is 0 Å². The molecule has 4 N–H and O–H groups in total. The molecule has 2 nitrogen and oxygen atoms in total. The van der Waals surface area contributed by atoms with E-state index in [0.29, 0.717) is 13.1 Å². The molecule has 34 heavy (non-hydrogen) atoms. The largest absolute Gasteiger partial charge is 0.327 e. The number of benzene rings is 4. The fraction of sp³-hybridized carbons (Fsp3) is 0.0667. The van der Waals surface area contributed by atoms with Gasteiger partial charge in [0.2, 0.25) is 0 Å². The van der Waals surface area contributed by atoms with Crippen LogP contribution in [0.3, 0.4) is 0 Å². The molecule has 0 atom stereocenters. The van der Waals surface area contributed by atoms with Gasteiger partial charge in [0.1, 0.15) is 11.6 Å². The molecule has 0 spiro atoms. The van der Waals surface area contributed by atoms with Gasteiger partial charge in [-0.15, -0.1) is 0 Å². The molecule has 0 fully saturated rings. The lowest BCUT2D eigenvalue weighted by Crippen LogP contribution is -1.97. The van der Waals surface area contributed by atoms with Gasteiger partial charge in [-0.25, -0.2) is 8.78 Å². The second-order valence-corrected chi connectivity index (χ2v) is 7.46. The van der Waals surface area contributed by atoms with E-state index in [1.165, 1.54) is 24.3 Å². The van der Waals surface area contributed by atoms with E-state index in [0.717, 1.165) is 33.4 Å². The third-order valence-electron chi connectivity index (χ3n) is 5.08. The minimum Gasteiger partial charge on any atom is -0.327 e. The average Bonchev–Trinajstić information content (AvgIpc) is 2.87. The molecular weight excluding hydrogens is 426 g/mol. The van der Waals surface area contributed by atoms with Crippen molar-refractivity contribution in [3.63, 3.8) is 0 Å². The zero-order chi connectivity index (χ0) is 24.2. The Morgan fingerprint density at radius 1 is 0.500 bits per heavy atom. The van der Waals surface area contributed by atoms with Crippen molar-refractivity contribution < 1.29 is 8.78 Å². The van der Waals surface area contributed by atoms with E-state index in [9.17, 15) is 8.78 Å². The third-order valence-corrected chi connectivity index (χ3v) is 5.08. The Morgan fingerprint density at radius 3 is 1.18 bits per heavy atom. The van der Waals surface area contributed by atoms with Gasteiger partial charge < -0.3 is 11.5 Å². The van der Waals surface area contributed by atoms with Gasteiger partial charge in [-0.05, 0) is 57.7 Å². The molecule has 0 aromatic heterocycles. The molecular formula is C30H28F2N2. The van der Waals surface area contributed by atoms with Crippen molar-refractivity contribution in [3.05, 3.63) is 155 Å². The minimum atomic E-state index is -0.235. The van der Waals surface area contributed by atoms with Gasteiger partial charge in [-0.2, -0.15) is 0 Å². The van der Waals surface area contributed by atoms with E-state index < -0.39 is 0 Å². The Balaban J connectivity index is 0.000000191. The molecule has 4 aromatic carbocycles. The summed E-state index contributed by atoms with van der Waals surface area (Å²) in [7, 11) is 0. The van der Waals surface area contributed by atoms with Crippen LogP contribution in [0.2, 0.25) is 0 Å². The summed E-state index contributed by atoms with van der Waals surface area (Å²) >= 11 is 0. The molecule has 4 aromatic rings. The highest BCUT2D eigenvalue weighted by molar-refractivity contribution is 5.80. The highest BCUT2D eigenvalue weighted by atomic mass is 19.1. The van der Waals surface area contributed by atoms with Gasteiger partial charge in [0.15, 0.2) is 0 Å². The Morgan fingerprint density at radius 2 is 0.853 bits per heavy atom. The Kier molecular flexibility index (Phi) is 9.47. The van der Waals surface area contributed by atoms with Crippen LogP contribution in [0, 0.1) is 11.6 Å². The third kappa shape index (κ3) is 7.07. The molecule has 0 aliphatic rings. The normalized spacial score (nSPS) is 11.5. The van der Waals surface area contributed by atoms with Crippen LogP contribution >= 0.6 is 0 Å². The van der Waals surface area contributed by atoms with Gasteiger partial charge in [-0.1, -0.05) is 97.1 Å². The maximum atomic E-state index is 13.2. The van der Waals surface area contributed by atoms with Gasteiger partial charge in [-0.3, -0.25) is 0 Å². The van der Waals surface area contributed by atoms with E-state index in [1.54, 1.807) is 12.1 Å². The smallest absolute Gasteiger partial charge is 0.123 e. The van der Waals surface area contributed by atoms with Gasteiger partial charge in [0, 0.05) is 13.1 Å². The Bertz CT molecular complexity index is 1130. The molecule has 4 rings (SSSR count). The van der Waals surface area contributed by atoms with E-state index in [4.69, 9.17) is 11.5 Å². The van der Waals surface area contributed by atoms with Gasteiger partial charge >= 0.3 is 0 Å². The molecule has 0 heterocycles. The standard InChI is InChI=1S/2C15H14FN/c2*16-14-8-4-7-13(11-14)15(9-10-17)12-5-2-1-3-6-12/h2*1-9,11H,10,17H2/b15-9+;15-9-. The van der Waals surface area contributed by atoms with Crippen LogP contribution < -0.4 is 11.5 Å². The van der Waals surface area contributed by atoms with E-state index in [2.05, 4.69) is 0 Å². The molecule has 0 saturated carbocycles. The van der Waals surface area contributed by atoms with Crippen LogP contribution in [-0.4, -0.2) is 13.1 Å². The molecule has 172 valence electrons. The molecule has 0 saturated heterocycles. The lowest BCUT2D eigenvalue weighted by molar-refractivity contribution is 0.627. The number of hydrogen-bond acceptors (Lipinski definition) is 2. The van der Waals surface area contributed by atoms with E-state index >= 15 is 0 Å². The van der Waals surface area contributed by atoms with E-state index in [-0.39, 0.29) is 11.6 Å². The zero-order valence-corrected chi connectivity index (χ0v) is 18.9. The van der Waals surface area contributed by atoms with Crippen LogP contribution in [0.4, 0.5) is 8.78 Å². The number of rotatable bonds is 6. The number of hydrogen-bond donors (Lipinski definition) is 2. The predicted molar refractivity (Wildman–Crippen MR) is 138 cm³/mol. The van der Waals surface area contributed by atoms with Crippen molar-refractivity contribution in [2.45, 2.75) is 0 Å². The first-order chi connectivity index (χ1) is 16.6. The Labute approximate surface area is 199 Å². The fourth-order valence-electron chi connectivity index (χ4n) is 3.59. The average molecular weight is 455 g/mol. The quantitative estimate of drug-likeness (QED) is 0.353. The van der Waals surface area contributed by atoms with Crippen molar-refractivity contribution in [1.82, 2.24) is 0 Å². The topological polar surface area (TPSA) is 52.0 Å². The number of halogens is 2. The lowest BCUT2D eigenvalue weighted by atomic mass is 9.97. The van der Waals surface area contributed by atoms with Crippen molar-refractivity contribution in [2.75, 3.05) is 13.1 Å². The monoisotopic (exact) mass is 454 g/mol. The van der Waals surface area contributed by atoms with E-state index in [1.807, 2.05) is 84.9 Å². The fourth-order valence-corrected chi connectivity index (χ4v) is 3.59. The summed E-state index contributed by atoms with van der Waals surface area (Å²) in [6, 6.07) is 32.8. The second-order valence-electron chi connectivity index (χ2n) is 7.46. The lowest BCUT2D eigenvalue weighted by Gasteiger charge is -2.08. The van der Waals surface area contributed by atoms with Gasteiger partial charge in [0.25, 0.3) is 0 Å². The maximum Gasteiger partial charge on any atom is 0.123 e. The van der Waals surface area contributed by atoms with Crippen LogP contribution in [0.25, 0.3) is 11.1 Å². The summed E-state index contributed by atoms with van der Waals surface area (Å²) in [4.78, 5) is 0. The van der Waals surface area contributed by atoms with Crippen molar-refractivity contribution in [1.29, 1.82) is 0 Å². The molecule has 0 bridgehead atoms. The minimum absolute atomic E-state index is 0.235. The Hall–Kier alpha value is -3.86. The summed E-state index contributed by atoms with van der Waals surface area (Å²) in [5.41, 5.74) is 16.9. The van der Waals surface area contributed by atoms with Crippen LogP contribution in [0.15, 0.2) is 121 Å². The van der Waals surface area contributed by atoms with Crippen LogP contribution in [-0.2, 0) is 0 Å². The molecule has 4 heteroatoms. The summed E-state index contributed by atoms with van der Waals surface area (Å²) in [6.45, 7) is 0.863.